The summed E-state index contributed by atoms with van der Waals surface area (Å²) in [5, 5.41) is 13.1. The number of primary amides is 1. The van der Waals surface area contributed by atoms with E-state index >= 15 is 0 Å². The molecule has 40 heavy (non-hydrogen) atoms. The average Bonchev–Trinajstić information content (AvgIpc) is 3.31. The predicted octanol–water partition coefficient (Wildman–Crippen LogP) is 6.54. The number of nitrogens with zero attached hydrogens (tertiary/aromatic N) is 1. The molecule has 4 aromatic carbocycles. The highest BCUT2D eigenvalue weighted by molar-refractivity contribution is 6.10. The third kappa shape index (κ3) is 6.68. The van der Waals surface area contributed by atoms with Crippen LogP contribution in [0, 0.1) is 5.92 Å². The number of halogens is 1. The number of nitrogens with two attached hydrogens (primary N) is 1. The van der Waals surface area contributed by atoms with E-state index < -0.39 is 12.0 Å². The lowest BCUT2D eigenvalue weighted by Gasteiger charge is -2.29. The minimum atomic E-state index is -0.691. The second kappa shape index (κ2) is 12.8. The van der Waals surface area contributed by atoms with Crippen molar-refractivity contribution in [2.24, 2.45) is 11.7 Å². The summed E-state index contributed by atoms with van der Waals surface area (Å²) >= 11 is 0. The molecule has 0 aliphatic heterocycles. The summed E-state index contributed by atoms with van der Waals surface area (Å²) in [7, 11) is 0. The molecule has 1 heterocycles. The molecule has 0 saturated carbocycles. The maximum Gasteiger partial charge on any atom is 0.248 e. The molecule has 7 nitrogen and oxygen atoms in total. The number of carbonyl (C=O) groups is 1. The first-order valence-electron chi connectivity index (χ1n) is 13.1. The Morgan fingerprint density at radius 1 is 0.875 bits per heavy atom. The van der Waals surface area contributed by atoms with Crippen LogP contribution < -0.4 is 20.1 Å². The van der Waals surface area contributed by atoms with Gasteiger partial charge in [0.25, 0.3) is 0 Å². The van der Waals surface area contributed by atoms with Crippen molar-refractivity contribution < 1.29 is 19.4 Å². The van der Waals surface area contributed by atoms with Gasteiger partial charge in [-0.05, 0) is 72.6 Å². The molecular weight excluding hydrogens is 526 g/mol. The molecule has 0 aliphatic carbocycles. The summed E-state index contributed by atoms with van der Waals surface area (Å²) in [6.45, 7) is 5.69. The maximum atomic E-state index is 11.3. The number of aliphatic hydroxyl groups excluding tert-OH is 1. The largest absolute Gasteiger partial charge is 0.490 e. The standard InChI is InChI=1S/C32H33N3O4.ClH/c1-21(2)18-35(23-12-16-26(17-13-23)39-25-14-10-22(11-15-25)32(33)37)19-24(36)20-38-30-9-5-8-29-31(30)27-6-3-4-7-28(27)34-29;/h3-17,21,24,34,36H,18-20H2,1-2H3,(H2,33,37);1H/t24-;/m0./s1. The van der Waals surface area contributed by atoms with E-state index in [0.717, 1.165) is 39.8 Å². The molecule has 0 fully saturated rings. The number of aliphatic hydroxyl groups is 1. The quantitative estimate of drug-likeness (QED) is 0.171. The Morgan fingerprint density at radius 2 is 1.52 bits per heavy atom. The van der Waals surface area contributed by atoms with Gasteiger partial charge in [-0.25, -0.2) is 0 Å². The lowest BCUT2D eigenvalue weighted by Crippen LogP contribution is -2.37. The van der Waals surface area contributed by atoms with Gasteiger partial charge in [-0.1, -0.05) is 38.1 Å². The topological polar surface area (TPSA) is 101 Å². The van der Waals surface area contributed by atoms with Crippen LogP contribution in [-0.2, 0) is 0 Å². The van der Waals surface area contributed by atoms with Crippen molar-refractivity contribution in [3.8, 4) is 17.2 Å². The third-order valence-electron chi connectivity index (χ3n) is 6.52. The van der Waals surface area contributed by atoms with Gasteiger partial charge in [0.2, 0.25) is 5.91 Å². The number of fused-ring (bicyclic) bond motifs is 3. The van der Waals surface area contributed by atoms with Crippen LogP contribution >= 0.6 is 12.4 Å². The van der Waals surface area contributed by atoms with Crippen LogP contribution in [0.2, 0.25) is 0 Å². The highest BCUT2D eigenvalue weighted by Gasteiger charge is 2.17. The highest BCUT2D eigenvalue weighted by Crippen LogP contribution is 2.33. The first-order chi connectivity index (χ1) is 18.9. The van der Waals surface area contributed by atoms with Crippen LogP contribution in [0.3, 0.4) is 0 Å². The molecule has 0 unspecified atom stereocenters. The van der Waals surface area contributed by atoms with Gasteiger partial charge >= 0.3 is 0 Å². The van der Waals surface area contributed by atoms with Crippen molar-refractivity contribution >= 4 is 45.8 Å². The van der Waals surface area contributed by atoms with Gasteiger partial charge in [0.05, 0.1) is 5.52 Å². The zero-order valence-electron chi connectivity index (χ0n) is 22.5. The number of aromatic amines is 1. The number of benzene rings is 4. The fourth-order valence-corrected chi connectivity index (χ4v) is 4.76. The summed E-state index contributed by atoms with van der Waals surface area (Å²) in [6.07, 6.45) is -0.691. The summed E-state index contributed by atoms with van der Waals surface area (Å²) in [5.41, 5.74) is 8.79. The van der Waals surface area contributed by atoms with Gasteiger partial charge in [-0.3, -0.25) is 4.79 Å². The zero-order valence-corrected chi connectivity index (χ0v) is 23.4. The molecule has 0 saturated heterocycles. The van der Waals surface area contributed by atoms with Crippen LogP contribution in [-0.4, -0.2) is 41.8 Å². The van der Waals surface area contributed by atoms with E-state index in [-0.39, 0.29) is 19.0 Å². The number of aromatic nitrogens is 1. The van der Waals surface area contributed by atoms with E-state index in [9.17, 15) is 9.90 Å². The third-order valence-corrected chi connectivity index (χ3v) is 6.52. The summed E-state index contributed by atoms with van der Waals surface area (Å²) in [5.74, 6) is 1.97. The van der Waals surface area contributed by atoms with Crippen LogP contribution in [0.1, 0.15) is 24.2 Å². The molecule has 0 radical (unpaired) electrons. The lowest BCUT2D eigenvalue weighted by atomic mass is 10.1. The van der Waals surface area contributed by atoms with Gasteiger partial charge < -0.3 is 30.2 Å². The van der Waals surface area contributed by atoms with Crippen molar-refractivity contribution in [3.05, 3.63) is 96.6 Å². The summed E-state index contributed by atoms with van der Waals surface area (Å²) in [6, 6.07) is 28.5. The van der Waals surface area contributed by atoms with Gasteiger partial charge in [-0.2, -0.15) is 0 Å². The van der Waals surface area contributed by atoms with Gasteiger partial charge in [0, 0.05) is 40.6 Å². The van der Waals surface area contributed by atoms with Crippen LogP contribution in [0.5, 0.6) is 17.2 Å². The lowest BCUT2D eigenvalue weighted by molar-refractivity contribution is 0.1000. The number of amides is 1. The first kappa shape index (κ1) is 28.8. The van der Waals surface area contributed by atoms with Crippen molar-refractivity contribution in [2.45, 2.75) is 20.0 Å². The average molecular weight is 560 g/mol. The second-order valence-corrected chi connectivity index (χ2v) is 10.1. The molecule has 1 atom stereocenters. The fraction of sp³-hybridized carbons (Fsp3) is 0.219. The Morgan fingerprint density at radius 3 is 2.20 bits per heavy atom. The van der Waals surface area contributed by atoms with E-state index in [2.05, 4.69) is 29.8 Å². The SMILES string of the molecule is CC(C)CN(C[C@H](O)COc1cccc2[nH]c3ccccc3c12)c1ccc(Oc2ccc(C(N)=O)cc2)cc1.Cl. The van der Waals surface area contributed by atoms with Gasteiger partial charge in [0.1, 0.15) is 30.0 Å². The molecule has 208 valence electrons. The zero-order chi connectivity index (χ0) is 27.4. The molecular formula is C32H34ClN3O4. The van der Waals surface area contributed by atoms with Crippen molar-refractivity contribution in [1.82, 2.24) is 4.98 Å². The maximum absolute atomic E-state index is 11.3. The number of hydrogen-bond acceptors (Lipinski definition) is 5. The second-order valence-electron chi connectivity index (χ2n) is 10.1. The molecule has 8 heteroatoms. The minimum absolute atomic E-state index is 0. The summed E-state index contributed by atoms with van der Waals surface area (Å²) < 4.78 is 12.1. The first-order valence-corrected chi connectivity index (χ1v) is 13.1. The molecule has 5 rings (SSSR count). The molecule has 0 aliphatic rings. The van der Waals surface area contributed by atoms with Crippen molar-refractivity contribution in [1.29, 1.82) is 0 Å². The number of anilines is 1. The van der Waals surface area contributed by atoms with Gasteiger partial charge in [0.15, 0.2) is 0 Å². The number of rotatable bonds is 11. The number of hydrogen-bond donors (Lipinski definition) is 3. The van der Waals surface area contributed by atoms with E-state index in [1.54, 1.807) is 24.3 Å². The Labute approximate surface area is 239 Å². The fourth-order valence-electron chi connectivity index (χ4n) is 4.76. The molecule has 1 amide bonds. The predicted molar refractivity (Wildman–Crippen MR) is 163 cm³/mol. The molecule has 4 N–H and O–H groups in total. The van der Waals surface area contributed by atoms with E-state index in [1.807, 2.05) is 60.7 Å². The number of carbonyl (C=O) groups excluding carboxylic acids is 1. The smallest absolute Gasteiger partial charge is 0.248 e. The van der Waals surface area contributed by atoms with E-state index in [4.69, 9.17) is 15.2 Å². The molecule has 0 spiro atoms. The molecule has 1 aromatic heterocycles. The minimum Gasteiger partial charge on any atom is -0.490 e. The number of H-pyrrole nitrogens is 1. The Hall–Kier alpha value is -4.20. The number of ether oxygens (including phenoxy) is 2. The van der Waals surface area contributed by atoms with E-state index in [0.29, 0.717) is 29.5 Å². The van der Waals surface area contributed by atoms with Gasteiger partial charge in [-0.15, -0.1) is 12.4 Å². The number of nitrogens with one attached hydrogen (secondary N) is 1. The highest BCUT2D eigenvalue weighted by atomic mass is 35.5. The Bertz CT molecular complexity index is 1570. The van der Waals surface area contributed by atoms with Crippen molar-refractivity contribution in [2.75, 3.05) is 24.6 Å². The normalized spacial score (nSPS) is 11.8. The monoisotopic (exact) mass is 559 g/mol. The molecule has 5 aromatic rings. The van der Waals surface area contributed by atoms with Crippen LogP contribution in [0.15, 0.2) is 91.0 Å². The van der Waals surface area contributed by atoms with Crippen LogP contribution in [0.4, 0.5) is 5.69 Å². The summed E-state index contributed by atoms with van der Waals surface area (Å²) in [4.78, 5) is 16.9. The Balaban J connectivity index is 0.00000370. The number of para-hydroxylation sites is 1. The van der Waals surface area contributed by atoms with E-state index in [1.165, 1.54) is 0 Å². The van der Waals surface area contributed by atoms with Crippen molar-refractivity contribution in [3.63, 3.8) is 0 Å². The Kier molecular flexibility index (Phi) is 9.19. The van der Waals surface area contributed by atoms with Crippen LogP contribution in [0.25, 0.3) is 21.8 Å². The molecule has 0 bridgehead atoms.